The van der Waals surface area contributed by atoms with Gasteiger partial charge >= 0.3 is 27.6 Å². The maximum atomic E-state index is 12.7. The van der Waals surface area contributed by atoms with Crippen molar-refractivity contribution in [2.75, 3.05) is 26.4 Å². The molecule has 3 atom stereocenters. The van der Waals surface area contributed by atoms with Crippen LogP contribution in [0.5, 0.6) is 0 Å². The van der Waals surface area contributed by atoms with E-state index in [4.69, 9.17) is 23.8 Å². The highest BCUT2D eigenvalue weighted by molar-refractivity contribution is 7.47. The SMILES string of the molecule is CCCCC/C=C\C=C\C(=O)CCCCCCCC(=O)O[C@H](COC(=O)CCCCCCCCCCCCCCCCCCC(C)C)COP(=O)(O)OC[C@@H](O)COP(=O)(O)O. The number of phosphoric ester groups is 2. The first-order chi connectivity index (χ1) is 29.6. The van der Waals surface area contributed by atoms with Gasteiger partial charge in [-0.2, -0.15) is 0 Å². The second-order valence-corrected chi connectivity index (χ2v) is 19.6. The summed E-state index contributed by atoms with van der Waals surface area (Å²) in [6.45, 7) is 3.94. The Balaban J connectivity index is 4.49. The molecule has 364 valence electrons. The minimum Gasteiger partial charge on any atom is -0.462 e. The number of allylic oxidation sites excluding steroid dienone is 4. The Hall–Kier alpha value is -1.73. The van der Waals surface area contributed by atoms with Crippen molar-refractivity contribution >= 4 is 33.4 Å². The lowest BCUT2D eigenvalue weighted by molar-refractivity contribution is -0.161. The summed E-state index contributed by atoms with van der Waals surface area (Å²) >= 11 is 0. The Bertz CT molecular complexity index is 1270. The lowest BCUT2D eigenvalue weighted by Crippen LogP contribution is -2.30. The molecule has 0 saturated heterocycles. The van der Waals surface area contributed by atoms with Crippen LogP contribution in [0.1, 0.15) is 207 Å². The molecule has 0 aromatic heterocycles. The van der Waals surface area contributed by atoms with Gasteiger partial charge < -0.3 is 29.3 Å². The summed E-state index contributed by atoms with van der Waals surface area (Å²) in [6.07, 6.45) is 34.2. The molecule has 0 bridgehead atoms. The molecule has 0 amide bonds. The molecule has 0 aliphatic carbocycles. The molecule has 14 nitrogen and oxygen atoms in total. The number of aliphatic hydroxyl groups excluding tert-OH is 1. The maximum absolute atomic E-state index is 12.7. The molecule has 0 saturated carbocycles. The molecule has 0 aromatic carbocycles. The van der Waals surface area contributed by atoms with Crippen molar-refractivity contribution in [3.8, 4) is 0 Å². The molecular formula is C46H86O14P2. The van der Waals surface area contributed by atoms with Gasteiger partial charge in [-0.15, -0.1) is 0 Å². The van der Waals surface area contributed by atoms with Gasteiger partial charge in [0.15, 0.2) is 11.9 Å². The lowest BCUT2D eigenvalue weighted by Gasteiger charge is -2.20. The van der Waals surface area contributed by atoms with Crippen LogP contribution >= 0.6 is 15.6 Å². The Morgan fingerprint density at radius 1 is 0.548 bits per heavy atom. The minimum absolute atomic E-state index is 0.0502. The molecule has 0 aliphatic heterocycles. The first kappa shape index (κ1) is 60.3. The third-order valence-corrected chi connectivity index (χ3v) is 11.7. The minimum atomic E-state index is -4.88. The number of hydrogen-bond donors (Lipinski definition) is 4. The third-order valence-electron chi connectivity index (χ3n) is 10.2. The average Bonchev–Trinajstić information content (AvgIpc) is 3.21. The van der Waals surface area contributed by atoms with Crippen molar-refractivity contribution in [3.63, 3.8) is 0 Å². The number of rotatable bonds is 45. The monoisotopic (exact) mass is 925 g/mol. The van der Waals surface area contributed by atoms with Gasteiger partial charge in [-0.1, -0.05) is 174 Å². The number of carbonyl (C=O) groups is 3. The molecular weight excluding hydrogens is 838 g/mol. The molecule has 1 unspecified atom stereocenters. The molecule has 0 aromatic rings. The van der Waals surface area contributed by atoms with Crippen molar-refractivity contribution in [2.24, 2.45) is 5.92 Å². The molecule has 4 N–H and O–H groups in total. The van der Waals surface area contributed by atoms with Gasteiger partial charge in [0.25, 0.3) is 0 Å². The van der Waals surface area contributed by atoms with Crippen molar-refractivity contribution in [2.45, 2.75) is 219 Å². The Morgan fingerprint density at radius 3 is 1.53 bits per heavy atom. The normalized spacial score (nSPS) is 14.1. The highest BCUT2D eigenvalue weighted by Crippen LogP contribution is 2.43. The predicted molar refractivity (Wildman–Crippen MR) is 244 cm³/mol. The van der Waals surface area contributed by atoms with Crippen LogP contribution in [0.4, 0.5) is 0 Å². The summed E-state index contributed by atoms with van der Waals surface area (Å²) in [5.74, 6) is -0.218. The van der Waals surface area contributed by atoms with Crippen molar-refractivity contribution in [3.05, 3.63) is 24.3 Å². The molecule has 0 heterocycles. The molecule has 0 radical (unpaired) electrons. The maximum Gasteiger partial charge on any atom is 0.472 e. The second-order valence-electron chi connectivity index (χ2n) is 16.9. The highest BCUT2D eigenvalue weighted by Gasteiger charge is 2.28. The van der Waals surface area contributed by atoms with E-state index in [-0.39, 0.29) is 18.6 Å². The van der Waals surface area contributed by atoms with E-state index in [1.165, 1.54) is 96.3 Å². The lowest BCUT2D eigenvalue weighted by atomic mass is 10.0. The number of ether oxygens (including phenoxy) is 2. The number of phosphoric acid groups is 2. The van der Waals surface area contributed by atoms with Crippen LogP contribution in [-0.4, -0.2) is 76.1 Å². The predicted octanol–water partition coefficient (Wildman–Crippen LogP) is 11.7. The Morgan fingerprint density at radius 2 is 1.02 bits per heavy atom. The number of ketones is 1. The zero-order valence-corrected chi connectivity index (χ0v) is 40.4. The number of hydrogen-bond acceptors (Lipinski definition) is 11. The van der Waals surface area contributed by atoms with Crippen LogP contribution in [0.2, 0.25) is 0 Å². The van der Waals surface area contributed by atoms with E-state index in [1.807, 2.05) is 6.08 Å². The Labute approximate surface area is 374 Å². The van der Waals surface area contributed by atoms with Gasteiger partial charge in [-0.3, -0.25) is 28.0 Å². The van der Waals surface area contributed by atoms with E-state index < -0.39 is 66.2 Å². The van der Waals surface area contributed by atoms with E-state index in [0.717, 1.165) is 63.7 Å². The van der Waals surface area contributed by atoms with Crippen LogP contribution in [0, 0.1) is 5.92 Å². The molecule has 16 heteroatoms. The van der Waals surface area contributed by atoms with E-state index in [9.17, 15) is 33.5 Å². The van der Waals surface area contributed by atoms with E-state index in [0.29, 0.717) is 19.3 Å². The van der Waals surface area contributed by atoms with Crippen LogP contribution in [0.25, 0.3) is 0 Å². The second kappa shape index (κ2) is 40.8. The van der Waals surface area contributed by atoms with Crippen molar-refractivity contribution in [1.82, 2.24) is 0 Å². The number of unbranched alkanes of at least 4 members (excludes halogenated alkanes) is 22. The topological polar surface area (TPSA) is 212 Å². The fourth-order valence-electron chi connectivity index (χ4n) is 6.57. The number of carbonyl (C=O) groups excluding carboxylic acids is 3. The zero-order chi connectivity index (χ0) is 46.2. The molecule has 0 aliphatic rings. The summed E-state index contributed by atoms with van der Waals surface area (Å²) < 4.78 is 47.8. The van der Waals surface area contributed by atoms with E-state index in [2.05, 4.69) is 35.9 Å². The van der Waals surface area contributed by atoms with Gasteiger partial charge in [-0.05, 0) is 44.1 Å². The summed E-state index contributed by atoms with van der Waals surface area (Å²) in [7, 11) is -9.71. The zero-order valence-electron chi connectivity index (χ0n) is 38.6. The summed E-state index contributed by atoms with van der Waals surface area (Å²) in [4.78, 5) is 64.9. The fraction of sp³-hybridized carbons (Fsp3) is 0.848. The first-order valence-electron chi connectivity index (χ1n) is 23.8. The molecule has 62 heavy (non-hydrogen) atoms. The standard InChI is InChI=1S/C46H86O14P2/c1-4-5-6-7-18-23-28-33-42(47)34-29-24-21-26-31-36-46(50)60-44(40-59-62(54,55)58-38-43(48)37-57-61(51,52)53)39-56-45(49)35-30-25-20-17-15-13-11-9-8-10-12-14-16-19-22-27-32-41(2)3/h18,23,28,33,41,43-44,48H,4-17,19-22,24-27,29-32,34-40H2,1-3H3,(H,54,55)(H2,51,52,53)/b23-18-,33-28+/t43-,44+/m0/s1. The van der Waals surface area contributed by atoms with Gasteiger partial charge in [0.2, 0.25) is 0 Å². The van der Waals surface area contributed by atoms with Crippen molar-refractivity contribution < 1.29 is 66.3 Å². The quantitative estimate of drug-likeness (QED) is 0.0147. The number of aliphatic hydroxyl groups is 1. The smallest absolute Gasteiger partial charge is 0.462 e. The van der Waals surface area contributed by atoms with Crippen LogP contribution < -0.4 is 0 Å². The molecule has 0 rings (SSSR count). The number of esters is 2. The van der Waals surface area contributed by atoms with Gasteiger partial charge in [-0.25, -0.2) is 9.13 Å². The van der Waals surface area contributed by atoms with Gasteiger partial charge in [0.1, 0.15) is 12.7 Å². The highest BCUT2D eigenvalue weighted by atomic mass is 31.2. The largest absolute Gasteiger partial charge is 0.472 e. The van der Waals surface area contributed by atoms with Crippen LogP contribution in [0.15, 0.2) is 24.3 Å². The first-order valence-corrected chi connectivity index (χ1v) is 26.9. The van der Waals surface area contributed by atoms with Gasteiger partial charge in [0.05, 0.1) is 19.8 Å². The van der Waals surface area contributed by atoms with E-state index in [1.54, 1.807) is 12.2 Å². The van der Waals surface area contributed by atoms with Crippen LogP contribution in [0.3, 0.4) is 0 Å². The summed E-state index contributed by atoms with van der Waals surface area (Å²) in [6, 6.07) is 0. The summed E-state index contributed by atoms with van der Waals surface area (Å²) in [5, 5.41) is 9.76. The average molecular weight is 925 g/mol. The Kier molecular flexibility index (Phi) is 39.6. The van der Waals surface area contributed by atoms with E-state index >= 15 is 0 Å². The van der Waals surface area contributed by atoms with Gasteiger partial charge in [0, 0.05) is 19.3 Å². The molecule has 0 spiro atoms. The molecule has 0 fully saturated rings. The van der Waals surface area contributed by atoms with Crippen LogP contribution in [-0.2, 0) is 46.6 Å². The third kappa shape index (κ3) is 44.9. The summed E-state index contributed by atoms with van der Waals surface area (Å²) in [5.41, 5.74) is 0. The van der Waals surface area contributed by atoms with Crippen molar-refractivity contribution in [1.29, 1.82) is 0 Å². The fourth-order valence-corrected chi connectivity index (χ4v) is 7.73.